The highest BCUT2D eigenvalue weighted by Gasteiger charge is 2.53. The Bertz CT molecular complexity index is 1750. The number of nitrogens with zero attached hydrogens (tertiary/aromatic N) is 3. The number of aromatic amines is 1. The van der Waals surface area contributed by atoms with Crippen molar-refractivity contribution in [3.05, 3.63) is 123 Å². The van der Waals surface area contributed by atoms with Crippen molar-refractivity contribution in [2.24, 2.45) is 0 Å². The number of rotatable bonds is 10. The number of hydrogen-bond acceptors (Lipinski definition) is 6. The largest absolute Gasteiger partial charge is 0.445 e. The van der Waals surface area contributed by atoms with Gasteiger partial charge in [-0.1, -0.05) is 60.7 Å². The van der Waals surface area contributed by atoms with Crippen LogP contribution in [-0.4, -0.2) is 52.6 Å². The molecule has 3 atom stereocenters. The van der Waals surface area contributed by atoms with Gasteiger partial charge in [0.15, 0.2) is 0 Å². The number of ether oxygens (including phenoxy) is 3. The van der Waals surface area contributed by atoms with Gasteiger partial charge < -0.3 is 14.2 Å². The number of carbonyl (C=O) groups excluding carboxylic acids is 1. The van der Waals surface area contributed by atoms with Gasteiger partial charge >= 0.3 is 24.1 Å². The maximum Gasteiger partial charge on any atom is 0.416 e. The van der Waals surface area contributed by atoms with Crippen LogP contribution in [0.25, 0.3) is 0 Å². The van der Waals surface area contributed by atoms with E-state index >= 15 is 0 Å². The van der Waals surface area contributed by atoms with E-state index in [1.807, 2.05) is 0 Å². The van der Waals surface area contributed by atoms with E-state index in [1.54, 1.807) is 60.7 Å². The monoisotopic (exact) mass is 692 g/mol. The Kier molecular flexibility index (Phi) is 10.2. The van der Waals surface area contributed by atoms with Gasteiger partial charge in [-0.3, -0.25) is 9.47 Å². The number of H-pyrrole nitrogens is 1. The highest BCUT2D eigenvalue weighted by Crippen LogP contribution is 2.45. The van der Waals surface area contributed by atoms with Crippen molar-refractivity contribution in [3.8, 4) is 0 Å². The molecule has 4 aromatic rings. The number of aromatic nitrogens is 3. The third kappa shape index (κ3) is 7.67. The van der Waals surface area contributed by atoms with Gasteiger partial charge in [-0.15, -0.1) is 0 Å². The second-order valence-electron chi connectivity index (χ2n) is 12.0. The molecule has 15 heteroatoms. The number of methoxy groups -OCH3 is 1. The zero-order chi connectivity index (χ0) is 35.5. The van der Waals surface area contributed by atoms with E-state index in [4.69, 9.17) is 14.2 Å². The highest BCUT2D eigenvalue weighted by atomic mass is 19.4. The molecule has 0 unspecified atom stereocenters. The first kappa shape index (κ1) is 35.7. The Morgan fingerprint density at radius 1 is 0.918 bits per heavy atom. The average molecular weight is 693 g/mol. The van der Waals surface area contributed by atoms with Crippen LogP contribution in [0.15, 0.2) is 90.0 Å². The van der Waals surface area contributed by atoms with Crippen molar-refractivity contribution in [2.45, 2.75) is 55.9 Å². The van der Waals surface area contributed by atoms with Crippen LogP contribution in [0.1, 0.15) is 53.7 Å². The number of halogens is 6. The molecule has 1 fully saturated rings. The zero-order valence-corrected chi connectivity index (χ0v) is 26.6. The van der Waals surface area contributed by atoms with Crippen molar-refractivity contribution in [3.63, 3.8) is 0 Å². The molecule has 0 aliphatic carbocycles. The molecule has 3 aromatic carbocycles. The molecule has 1 N–H and O–H groups in total. The molecule has 1 saturated heterocycles. The minimum Gasteiger partial charge on any atom is -0.445 e. The third-order valence-electron chi connectivity index (χ3n) is 8.84. The molecule has 2 heterocycles. The van der Waals surface area contributed by atoms with Crippen LogP contribution in [0.5, 0.6) is 0 Å². The summed E-state index contributed by atoms with van der Waals surface area (Å²) >= 11 is 0. The third-order valence-corrected chi connectivity index (χ3v) is 8.84. The van der Waals surface area contributed by atoms with Gasteiger partial charge in [-0.2, -0.15) is 31.4 Å². The second kappa shape index (κ2) is 14.1. The van der Waals surface area contributed by atoms with E-state index in [0.29, 0.717) is 23.3 Å². The molecule has 0 radical (unpaired) electrons. The fraction of sp³-hybridized carbons (Fsp3) is 0.382. The smallest absolute Gasteiger partial charge is 0.416 e. The number of amides is 1. The number of nitrogens with one attached hydrogen (secondary N) is 1. The molecule has 9 nitrogen and oxygen atoms in total. The lowest BCUT2D eigenvalue weighted by Crippen LogP contribution is -2.64. The van der Waals surface area contributed by atoms with E-state index in [2.05, 4.69) is 10.2 Å². The topological polar surface area (TPSA) is 98.7 Å². The predicted molar refractivity (Wildman–Crippen MR) is 164 cm³/mol. The molecule has 0 spiro atoms. The van der Waals surface area contributed by atoms with Gasteiger partial charge in [0.1, 0.15) is 12.9 Å². The van der Waals surface area contributed by atoms with Crippen LogP contribution in [-0.2, 0) is 44.2 Å². The fourth-order valence-corrected chi connectivity index (χ4v) is 6.23. The summed E-state index contributed by atoms with van der Waals surface area (Å²) in [5.41, 5.74) is -5.03. The van der Waals surface area contributed by atoms with Crippen molar-refractivity contribution in [1.82, 2.24) is 19.7 Å². The lowest BCUT2D eigenvalue weighted by Gasteiger charge is -2.53. The standard InChI is InChI=1S/C34H34F6N4O5/c1-23(25-15-27(33(35,36)37)17-28(16-25)34(38,39)40)49-21-32(26-11-7-4-8-12-26)14-13-31(20-47-2,44-22-41-42-29(44)45)19-43(32)30(46)48-18-24-9-5-3-6-10-24/h3-12,15-17,22-23H,13-14,18-21H2,1-2H3,(H,42,45)/t23-,31-,32-/m1/s1. The summed E-state index contributed by atoms with van der Waals surface area (Å²) in [6, 6.07) is 18.9. The summed E-state index contributed by atoms with van der Waals surface area (Å²) in [5, 5.41) is 6.22. The van der Waals surface area contributed by atoms with Gasteiger partial charge in [0.25, 0.3) is 0 Å². The van der Waals surface area contributed by atoms with E-state index in [9.17, 15) is 35.9 Å². The summed E-state index contributed by atoms with van der Waals surface area (Å²) in [6.07, 6.45) is -10.5. The van der Waals surface area contributed by atoms with E-state index in [-0.39, 0.29) is 50.8 Å². The molecule has 262 valence electrons. The molecule has 0 saturated carbocycles. The molecule has 0 bridgehead atoms. The van der Waals surface area contributed by atoms with Gasteiger partial charge in [0, 0.05) is 7.11 Å². The Morgan fingerprint density at radius 2 is 1.53 bits per heavy atom. The maximum absolute atomic E-state index is 14.2. The number of likely N-dealkylation sites (tertiary alicyclic amines) is 1. The van der Waals surface area contributed by atoms with Crippen LogP contribution in [0.2, 0.25) is 0 Å². The van der Waals surface area contributed by atoms with Crippen LogP contribution >= 0.6 is 0 Å². The number of piperidine rings is 1. The van der Waals surface area contributed by atoms with Crippen molar-refractivity contribution in [2.75, 3.05) is 26.9 Å². The minimum atomic E-state index is -5.04. The molecule has 1 aliphatic heterocycles. The maximum atomic E-state index is 14.2. The van der Waals surface area contributed by atoms with E-state index < -0.39 is 52.4 Å². The Hall–Kier alpha value is -4.63. The van der Waals surface area contributed by atoms with Crippen LogP contribution in [0.3, 0.4) is 0 Å². The quantitative estimate of drug-likeness (QED) is 0.179. The molecule has 1 aliphatic rings. The predicted octanol–water partition coefficient (Wildman–Crippen LogP) is 7.06. The second-order valence-corrected chi connectivity index (χ2v) is 12.0. The first-order chi connectivity index (χ1) is 23.2. The molecular formula is C34H34F6N4O5. The Labute approximate surface area is 277 Å². The van der Waals surface area contributed by atoms with Crippen molar-refractivity contribution in [1.29, 1.82) is 0 Å². The lowest BCUT2D eigenvalue weighted by molar-refractivity contribution is -0.143. The van der Waals surface area contributed by atoms with Gasteiger partial charge in [-0.05, 0) is 54.7 Å². The minimum absolute atomic E-state index is 0.0124. The summed E-state index contributed by atoms with van der Waals surface area (Å²) in [6.45, 7) is 0.727. The Balaban J connectivity index is 1.57. The molecule has 1 aromatic heterocycles. The first-order valence-electron chi connectivity index (χ1n) is 15.2. The van der Waals surface area contributed by atoms with E-state index in [0.717, 1.165) is 0 Å². The van der Waals surface area contributed by atoms with Gasteiger partial charge in [0.2, 0.25) is 0 Å². The van der Waals surface area contributed by atoms with Crippen molar-refractivity contribution >= 4 is 6.09 Å². The van der Waals surface area contributed by atoms with Crippen molar-refractivity contribution < 1.29 is 45.3 Å². The van der Waals surface area contributed by atoms with Gasteiger partial charge in [0.05, 0.1) is 48.1 Å². The van der Waals surface area contributed by atoms with Gasteiger partial charge in [-0.25, -0.2) is 14.7 Å². The van der Waals surface area contributed by atoms with Crippen LogP contribution in [0, 0.1) is 0 Å². The molecule has 1 amide bonds. The molecule has 49 heavy (non-hydrogen) atoms. The molecule has 5 rings (SSSR count). The summed E-state index contributed by atoms with van der Waals surface area (Å²) in [4.78, 5) is 28.4. The van der Waals surface area contributed by atoms with Crippen LogP contribution in [0.4, 0.5) is 31.1 Å². The normalized spacial score (nSPS) is 20.6. The Morgan fingerprint density at radius 3 is 2.08 bits per heavy atom. The lowest BCUT2D eigenvalue weighted by atomic mass is 9.74. The zero-order valence-electron chi connectivity index (χ0n) is 26.6. The number of carbonyl (C=O) groups is 1. The van der Waals surface area contributed by atoms with E-state index in [1.165, 1.54) is 29.8 Å². The number of alkyl halides is 6. The summed E-state index contributed by atoms with van der Waals surface area (Å²) < 4.78 is 101. The average Bonchev–Trinajstić information content (AvgIpc) is 3.53. The fourth-order valence-electron chi connectivity index (χ4n) is 6.23. The molecular weight excluding hydrogens is 658 g/mol. The summed E-state index contributed by atoms with van der Waals surface area (Å²) in [5.74, 6) is 0. The van der Waals surface area contributed by atoms with Crippen LogP contribution < -0.4 is 5.69 Å². The SMILES string of the molecule is COC[C@@]1(n2cn[nH]c2=O)CC[C@@](CO[C@H](C)c2cc(C(F)(F)F)cc(C(F)(F)F)c2)(c2ccccc2)N(C(=O)OCc2ccccc2)C1. The first-order valence-corrected chi connectivity index (χ1v) is 15.2. The summed E-state index contributed by atoms with van der Waals surface area (Å²) in [7, 11) is 1.44. The number of hydrogen-bond donors (Lipinski definition) is 1. The highest BCUT2D eigenvalue weighted by molar-refractivity contribution is 5.70. The number of benzene rings is 3.